The number of anilines is 1. The normalized spacial score (nSPS) is 17.0. The van der Waals surface area contributed by atoms with Crippen LogP contribution in [-0.4, -0.2) is 36.4 Å². The standard InChI is InChI=1S/C16H20BrClN2O3/c1-4-23-15(22)13(21)11-12(10(17)9-19-14(11)18)20-7-5-16(2,3)6-8-20/h9H,4-8H2,1-3H3. The van der Waals surface area contributed by atoms with E-state index in [0.717, 1.165) is 25.9 Å². The van der Waals surface area contributed by atoms with Crippen LogP contribution < -0.4 is 4.90 Å². The minimum atomic E-state index is -0.909. The molecule has 0 bridgehead atoms. The largest absolute Gasteiger partial charge is 0.460 e. The number of rotatable bonds is 4. The van der Waals surface area contributed by atoms with Crippen molar-refractivity contribution in [3.05, 3.63) is 21.4 Å². The van der Waals surface area contributed by atoms with E-state index in [1.165, 1.54) is 0 Å². The molecule has 0 aromatic carbocycles. The van der Waals surface area contributed by atoms with E-state index in [1.54, 1.807) is 13.1 Å². The molecule has 1 aliphatic heterocycles. The molecule has 0 radical (unpaired) electrons. The summed E-state index contributed by atoms with van der Waals surface area (Å²) in [6, 6.07) is 0. The van der Waals surface area contributed by atoms with Crippen molar-refractivity contribution in [2.45, 2.75) is 33.6 Å². The lowest BCUT2D eigenvalue weighted by atomic mass is 9.82. The highest BCUT2D eigenvalue weighted by molar-refractivity contribution is 9.10. The van der Waals surface area contributed by atoms with Gasteiger partial charge in [0, 0.05) is 19.3 Å². The zero-order chi connectivity index (χ0) is 17.2. The van der Waals surface area contributed by atoms with E-state index in [0.29, 0.717) is 10.2 Å². The van der Waals surface area contributed by atoms with Crippen LogP contribution >= 0.6 is 27.5 Å². The van der Waals surface area contributed by atoms with Crippen LogP contribution in [-0.2, 0) is 9.53 Å². The summed E-state index contributed by atoms with van der Waals surface area (Å²) in [7, 11) is 0. The number of carbonyl (C=O) groups is 2. The minimum Gasteiger partial charge on any atom is -0.460 e. The van der Waals surface area contributed by atoms with Crippen molar-refractivity contribution in [3.8, 4) is 0 Å². The molecular weight excluding hydrogens is 384 g/mol. The van der Waals surface area contributed by atoms with Crippen LogP contribution in [0.3, 0.4) is 0 Å². The van der Waals surface area contributed by atoms with Gasteiger partial charge in [-0.25, -0.2) is 9.78 Å². The van der Waals surface area contributed by atoms with Crippen LogP contribution in [0.15, 0.2) is 10.7 Å². The highest BCUT2D eigenvalue weighted by atomic mass is 79.9. The number of Topliss-reactive ketones (excluding diaryl/α,β-unsaturated/α-hetero) is 1. The molecule has 1 aliphatic rings. The average molecular weight is 404 g/mol. The summed E-state index contributed by atoms with van der Waals surface area (Å²) >= 11 is 9.56. The summed E-state index contributed by atoms with van der Waals surface area (Å²) in [4.78, 5) is 30.4. The third-order valence-corrected chi connectivity index (χ3v) is 4.95. The molecule has 5 nitrogen and oxygen atoms in total. The number of ether oxygens (including phenoxy) is 1. The summed E-state index contributed by atoms with van der Waals surface area (Å²) in [5.74, 6) is -1.67. The molecule has 126 valence electrons. The lowest BCUT2D eigenvalue weighted by Crippen LogP contribution is -2.38. The number of hydrogen-bond acceptors (Lipinski definition) is 5. The predicted molar refractivity (Wildman–Crippen MR) is 93.1 cm³/mol. The van der Waals surface area contributed by atoms with Crippen LogP contribution in [0.2, 0.25) is 5.15 Å². The molecule has 0 amide bonds. The molecule has 0 N–H and O–H groups in total. The quantitative estimate of drug-likeness (QED) is 0.330. The van der Waals surface area contributed by atoms with E-state index >= 15 is 0 Å². The Morgan fingerprint density at radius 2 is 2.00 bits per heavy atom. The maximum Gasteiger partial charge on any atom is 0.379 e. The zero-order valence-corrected chi connectivity index (χ0v) is 15.8. The molecule has 7 heteroatoms. The second kappa shape index (κ2) is 7.18. The Hall–Kier alpha value is -1.14. The fraction of sp³-hybridized carbons (Fsp3) is 0.562. The van der Waals surface area contributed by atoms with Crippen LogP contribution in [0.1, 0.15) is 44.0 Å². The van der Waals surface area contributed by atoms with Gasteiger partial charge in [0.2, 0.25) is 0 Å². The fourth-order valence-electron chi connectivity index (χ4n) is 2.60. The van der Waals surface area contributed by atoms with Crippen LogP contribution in [0.25, 0.3) is 0 Å². The molecule has 23 heavy (non-hydrogen) atoms. The third kappa shape index (κ3) is 4.04. The second-order valence-corrected chi connectivity index (χ2v) is 7.53. The van der Waals surface area contributed by atoms with Crippen molar-refractivity contribution in [1.82, 2.24) is 4.98 Å². The number of ketones is 1. The average Bonchev–Trinajstić information content (AvgIpc) is 2.49. The molecule has 0 unspecified atom stereocenters. The Labute approximate surface area is 149 Å². The van der Waals surface area contributed by atoms with Crippen molar-refractivity contribution < 1.29 is 14.3 Å². The molecule has 2 rings (SSSR count). The van der Waals surface area contributed by atoms with E-state index in [9.17, 15) is 9.59 Å². The maximum absolute atomic E-state index is 12.5. The molecular formula is C16H20BrClN2O3. The Balaban J connectivity index is 2.41. The summed E-state index contributed by atoms with van der Waals surface area (Å²) in [6.07, 6.45) is 3.54. The molecule has 0 spiro atoms. The highest BCUT2D eigenvalue weighted by Crippen LogP contribution is 2.38. The molecule has 0 saturated carbocycles. The number of halogens is 2. The van der Waals surface area contributed by atoms with Gasteiger partial charge in [-0.1, -0.05) is 25.4 Å². The Bertz CT molecular complexity index is 624. The van der Waals surface area contributed by atoms with Gasteiger partial charge in [0.1, 0.15) is 5.15 Å². The monoisotopic (exact) mass is 402 g/mol. The highest BCUT2D eigenvalue weighted by Gasteiger charge is 2.32. The number of nitrogens with zero attached hydrogens (tertiary/aromatic N) is 2. The molecule has 0 atom stereocenters. The van der Waals surface area contributed by atoms with Gasteiger partial charge in [-0.05, 0) is 41.1 Å². The third-order valence-electron chi connectivity index (χ3n) is 4.08. The summed E-state index contributed by atoms with van der Waals surface area (Å²) in [5, 5.41) is 0.0195. The van der Waals surface area contributed by atoms with Crippen molar-refractivity contribution in [3.63, 3.8) is 0 Å². The first-order chi connectivity index (χ1) is 10.8. The number of esters is 1. The SMILES string of the molecule is CCOC(=O)C(=O)c1c(Cl)ncc(Br)c1N1CCC(C)(C)CC1. The molecule has 1 aromatic heterocycles. The second-order valence-electron chi connectivity index (χ2n) is 6.32. The van der Waals surface area contributed by atoms with Crippen molar-refractivity contribution in [2.24, 2.45) is 5.41 Å². The van der Waals surface area contributed by atoms with Crippen molar-refractivity contribution >= 4 is 45.0 Å². The lowest BCUT2D eigenvalue weighted by Gasteiger charge is -2.39. The van der Waals surface area contributed by atoms with Crippen molar-refractivity contribution in [1.29, 1.82) is 0 Å². The predicted octanol–water partition coefficient (Wildman–Crippen LogP) is 3.87. The number of carbonyl (C=O) groups excluding carboxylic acids is 2. The summed E-state index contributed by atoms with van der Waals surface area (Å²) in [6.45, 7) is 7.81. The van der Waals surface area contributed by atoms with Gasteiger partial charge < -0.3 is 9.64 Å². The first-order valence-electron chi connectivity index (χ1n) is 7.57. The van der Waals surface area contributed by atoms with E-state index < -0.39 is 11.8 Å². The van der Waals surface area contributed by atoms with Gasteiger partial charge >= 0.3 is 5.97 Å². The maximum atomic E-state index is 12.5. The van der Waals surface area contributed by atoms with Gasteiger partial charge in [0.15, 0.2) is 0 Å². The number of aromatic nitrogens is 1. The Kier molecular flexibility index (Phi) is 5.68. The van der Waals surface area contributed by atoms with Gasteiger partial charge in [-0.3, -0.25) is 4.79 Å². The molecule has 1 aromatic rings. The molecule has 1 saturated heterocycles. The number of piperidine rings is 1. The lowest BCUT2D eigenvalue weighted by molar-refractivity contribution is -0.137. The van der Waals surface area contributed by atoms with Crippen LogP contribution in [0, 0.1) is 5.41 Å². The number of hydrogen-bond donors (Lipinski definition) is 0. The van der Waals surface area contributed by atoms with Gasteiger partial charge in [-0.2, -0.15) is 0 Å². The van der Waals surface area contributed by atoms with Gasteiger partial charge in [0.25, 0.3) is 5.78 Å². The van der Waals surface area contributed by atoms with Crippen molar-refractivity contribution in [2.75, 3.05) is 24.6 Å². The zero-order valence-electron chi connectivity index (χ0n) is 13.5. The first kappa shape index (κ1) is 18.2. The van der Waals surface area contributed by atoms with E-state index in [-0.39, 0.29) is 22.7 Å². The molecule has 1 fully saturated rings. The smallest absolute Gasteiger partial charge is 0.379 e. The van der Waals surface area contributed by atoms with E-state index in [4.69, 9.17) is 16.3 Å². The Morgan fingerprint density at radius 1 is 1.39 bits per heavy atom. The van der Waals surface area contributed by atoms with E-state index in [2.05, 4.69) is 39.7 Å². The molecule has 2 heterocycles. The topological polar surface area (TPSA) is 59.5 Å². The van der Waals surface area contributed by atoms with Crippen LogP contribution in [0.4, 0.5) is 5.69 Å². The van der Waals surface area contributed by atoms with Crippen LogP contribution in [0.5, 0.6) is 0 Å². The van der Waals surface area contributed by atoms with Gasteiger partial charge in [0.05, 0.1) is 22.3 Å². The number of pyridine rings is 1. The molecule has 0 aliphatic carbocycles. The fourth-order valence-corrected chi connectivity index (χ4v) is 3.38. The minimum absolute atomic E-state index is 0.0195. The summed E-state index contributed by atoms with van der Waals surface area (Å²) < 4.78 is 5.47. The van der Waals surface area contributed by atoms with E-state index in [1.807, 2.05) is 0 Å². The Morgan fingerprint density at radius 3 is 2.57 bits per heavy atom. The first-order valence-corrected chi connectivity index (χ1v) is 8.74. The van der Waals surface area contributed by atoms with Gasteiger partial charge in [-0.15, -0.1) is 0 Å². The summed E-state index contributed by atoms with van der Waals surface area (Å²) in [5.41, 5.74) is 1.00.